The van der Waals surface area contributed by atoms with Crippen LogP contribution in [0.4, 0.5) is 17.6 Å². The van der Waals surface area contributed by atoms with E-state index in [1.807, 2.05) is 20.0 Å². The van der Waals surface area contributed by atoms with Crippen molar-refractivity contribution in [2.24, 2.45) is 7.05 Å². The highest BCUT2D eigenvalue weighted by Gasteiger charge is 2.40. The highest BCUT2D eigenvalue weighted by molar-refractivity contribution is 5.89. The fourth-order valence-electron chi connectivity index (χ4n) is 4.90. The first-order chi connectivity index (χ1) is 14.6. The van der Waals surface area contributed by atoms with E-state index < -0.39 is 0 Å². The van der Waals surface area contributed by atoms with Gasteiger partial charge in [-0.15, -0.1) is 0 Å². The summed E-state index contributed by atoms with van der Waals surface area (Å²) in [4.78, 5) is 12.0. The first kappa shape index (κ1) is 18.8. The number of piperidine rings is 1. The number of aromatic nitrogens is 6. The first-order valence-corrected chi connectivity index (χ1v) is 10.5. The van der Waals surface area contributed by atoms with Gasteiger partial charge in [0.05, 0.1) is 17.7 Å². The van der Waals surface area contributed by atoms with Crippen LogP contribution >= 0.6 is 0 Å². The Labute approximate surface area is 174 Å². The van der Waals surface area contributed by atoms with Gasteiger partial charge in [0.25, 0.3) is 0 Å². The largest absolute Gasteiger partial charge is 0.351 e. The van der Waals surface area contributed by atoms with Crippen molar-refractivity contribution >= 4 is 28.6 Å². The molecule has 3 aromatic heterocycles. The molecule has 10 nitrogen and oxygen atoms in total. The number of hydrogen-bond donors (Lipinski definition) is 3. The predicted octanol–water partition coefficient (Wildman–Crippen LogP) is 2.46. The molecular weight excluding hydrogens is 380 g/mol. The molecule has 5 heterocycles. The van der Waals surface area contributed by atoms with Gasteiger partial charge in [-0.05, 0) is 32.6 Å². The lowest BCUT2D eigenvalue weighted by molar-refractivity contribution is 0.135. The SMILES string of the molecule is Cc1cc(Nc2nc(NC3C[C@H]4CC[C@@H](C3)N4CCC#N)nc3c2cnn3C)n[nH]1. The summed E-state index contributed by atoms with van der Waals surface area (Å²) in [5.41, 5.74) is 1.75. The average Bonchev–Trinajstić information content (AvgIpc) is 3.37. The van der Waals surface area contributed by atoms with E-state index in [2.05, 4.69) is 36.9 Å². The van der Waals surface area contributed by atoms with Crippen LogP contribution < -0.4 is 10.6 Å². The van der Waals surface area contributed by atoms with E-state index in [4.69, 9.17) is 15.2 Å². The van der Waals surface area contributed by atoms with Crippen LogP contribution in [-0.4, -0.2) is 59.5 Å². The quantitative estimate of drug-likeness (QED) is 0.570. The third kappa shape index (κ3) is 3.45. The Kier molecular flexibility index (Phi) is 4.75. The minimum absolute atomic E-state index is 0.326. The van der Waals surface area contributed by atoms with Gasteiger partial charge in [-0.3, -0.25) is 14.7 Å². The molecule has 3 N–H and O–H groups in total. The molecule has 2 aliphatic heterocycles. The summed E-state index contributed by atoms with van der Waals surface area (Å²) in [6.07, 6.45) is 6.90. The van der Waals surface area contributed by atoms with Crippen molar-refractivity contribution in [3.8, 4) is 6.07 Å². The number of hydrogen-bond acceptors (Lipinski definition) is 8. The molecule has 5 rings (SSSR count). The number of H-pyrrole nitrogens is 1. The number of fused-ring (bicyclic) bond motifs is 3. The number of nitrogens with one attached hydrogen (secondary N) is 3. The van der Waals surface area contributed by atoms with E-state index in [0.717, 1.165) is 36.1 Å². The molecule has 3 aromatic rings. The Morgan fingerprint density at radius 2 is 2.07 bits per heavy atom. The Morgan fingerprint density at radius 3 is 2.77 bits per heavy atom. The van der Waals surface area contributed by atoms with Gasteiger partial charge in [0.2, 0.25) is 5.95 Å². The minimum Gasteiger partial charge on any atom is -0.351 e. The molecule has 2 bridgehead atoms. The number of aryl methyl sites for hydroxylation is 2. The second kappa shape index (κ2) is 7.57. The summed E-state index contributed by atoms with van der Waals surface area (Å²) in [5.74, 6) is 2.01. The lowest BCUT2D eigenvalue weighted by Gasteiger charge is -2.38. The van der Waals surface area contributed by atoms with Crippen molar-refractivity contribution < 1.29 is 0 Å². The second-order valence-corrected chi connectivity index (χ2v) is 8.31. The monoisotopic (exact) mass is 406 g/mol. The third-order valence-electron chi connectivity index (χ3n) is 6.24. The zero-order valence-corrected chi connectivity index (χ0v) is 17.3. The summed E-state index contributed by atoms with van der Waals surface area (Å²) in [6, 6.07) is 5.63. The number of anilines is 3. The number of nitrogens with zero attached hydrogens (tertiary/aromatic N) is 7. The first-order valence-electron chi connectivity index (χ1n) is 10.5. The molecular formula is C20H26N10. The summed E-state index contributed by atoms with van der Waals surface area (Å²) in [7, 11) is 1.88. The van der Waals surface area contributed by atoms with Crippen LogP contribution in [0.1, 0.15) is 37.8 Å². The van der Waals surface area contributed by atoms with Crippen molar-refractivity contribution in [1.29, 1.82) is 5.26 Å². The molecule has 10 heteroatoms. The molecule has 0 aliphatic carbocycles. The zero-order valence-electron chi connectivity index (χ0n) is 17.3. The van der Waals surface area contributed by atoms with E-state index >= 15 is 0 Å². The molecule has 2 aliphatic rings. The maximum atomic E-state index is 8.94. The zero-order chi connectivity index (χ0) is 20.7. The fraction of sp³-hybridized carbons (Fsp3) is 0.550. The Balaban J connectivity index is 1.37. The molecule has 3 atom stereocenters. The third-order valence-corrected chi connectivity index (χ3v) is 6.24. The highest BCUT2D eigenvalue weighted by atomic mass is 15.3. The van der Waals surface area contributed by atoms with Gasteiger partial charge in [-0.25, -0.2) is 0 Å². The molecule has 2 saturated heterocycles. The Hall–Kier alpha value is -3.19. The van der Waals surface area contributed by atoms with Crippen LogP contribution in [0.5, 0.6) is 0 Å². The Bertz CT molecular complexity index is 1080. The van der Waals surface area contributed by atoms with Crippen molar-refractivity contribution in [1.82, 2.24) is 34.8 Å². The molecule has 0 aromatic carbocycles. The van der Waals surface area contributed by atoms with Gasteiger partial charge in [0.15, 0.2) is 11.5 Å². The predicted molar refractivity (Wildman–Crippen MR) is 113 cm³/mol. The normalized spacial score (nSPS) is 23.6. The fourth-order valence-corrected chi connectivity index (χ4v) is 4.90. The summed E-state index contributed by atoms with van der Waals surface area (Å²) in [6.45, 7) is 2.84. The van der Waals surface area contributed by atoms with Gasteiger partial charge < -0.3 is 10.6 Å². The van der Waals surface area contributed by atoms with Crippen LogP contribution in [0, 0.1) is 18.3 Å². The van der Waals surface area contributed by atoms with Gasteiger partial charge >= 0.3 is 0 Å². The van der Waals surface area contributed by atoms with Crippen LogP contribution in [0.15, 0.2) is 12.3 Å². The minimum atomic E-state index is 0.326. The second-order valence-electron chi connectivity index (χ2n) is 8.31. The molecule has 0 saturated carbocycles. The van der Waals surface area contributed by atoms with Crippen molar-refractivity contribution in [3.63, 3.8) is 0 Å². The van der Waals surface area contributed by atoms with E-state index in [9.17, 15) is 0 Å². The van der Waals surface area contributed by atoms with Gasteiger partial charge in [-0.2, -0.15) is 25.4 Å². The molecule has 1 unspecified atom stereocenters. The molecule has 2 fully saturated rings. The van der Waals surface area contributed by atoms with E-state index in [1.54, 1.807) is 10.9 Å². The van der Waals surface area contributed by atoms with Gasteiger partial charge in [-0.1, -0.05) is 0 Å². The number of nitriles is 1. The van der Waals surface area contributed by atoms with Crippen LogP contribution in [-0.2, 0) is 7.05 Å². The molecule has 0 radical (unpaired) electrons. The van der Waals surface area contributed by atoms with Crippen LogP contribution in [0.3, 0.4) is 0 Å². The summed E-state index contributed by atoms with van der Waals surface area (Å²) < 4.78 is 1.76. The maximum absolute atomic E-state index is 8.94. The molecule has 30 heavy (non-hydrogen) atoms. The lowest BCUT2D eigenvalue weighted by Crippen LogP contribution is -2.47. The smallest absolute Gasteiger partial charge is 0.226 e. The van der Waals surface area contributed by atoms with Crippen LogP contribution in [0.25, 0.3) is 11.0 Å². The van der Waals surface area contributed by atoms with Crippen molar-refractivity contribution in [2.45, 2.75) is 57.2 Å². The Morgan fingerprint density at radius 1 is 1.27 bits per heavy atom. The molecule has 156 valence electrons. The lowest BCUT2D eigenvalue weighted by atomic mass is 9.97. The summed E-state index contributed by atoms with van der Waals surface area (Å²) >= 11 is 0. The average molecular weight is 406 g/mol. The topological polar surface area (TPSA) is 123 Å². The van der Waals surface area contributed by atoms with E-state index in [0.29, 0.717) is 42.1 Å². The summed E-state index contributed by atoms with van der Waals surface area (Å²) in [5, 5.41) is 28.2. The van der Waals surface area contributed by atoms with E-state index in [-0.39, 0.29) is 0 Å². The van der Waals surface area contributed by atoms with E-state index in [1.165, 1.54) is 12.8 Å². The molecule has 0 spiro atoms. The van der Waals surface area contributed by atoms with Gasteiger partial charge in [0, 0.05) is 49.9 Å². The highest BCUT2D eigenvalue weighted by Crippen LogP contribution is 2.37. The van der Waals surface area contributed by atoms with Crippen molar-refractivity contribution in [2.75, 3.05) is 17.2 Å². The number of aromatic amines is 1. The maximum Gasteiger partial charge on any atom is 0.226 e. The number of rotatable bonds is 6. The van der Waals surface area contributed by atoms with Crippen LogP contribution in [0.2, 0.25) is 0 Å². The van der Waals surface area contributed by atoms with Gasteiger partial charge in [0.1, 0.15) is 5.82 Å². The van der Waals surface area contributed by atoms with Crippen molar-refractivity contribution in [3.05, 3.63) is 18.0 Å². The standard InChI is InChI=1S/C20H26N10/c1-12-8-17(28-27-12)24-18-16-11-22-29(2)19(16)26-20(25-18)23-13-9-14-4-5-15(10-13)30(14)7-3-6-21/h8,11,13-15H,3-5,7,9-10H2,1-2H3,(H3,23,24,25,26,27,28)/t13?,14-,15+. The molecule has 0 amide bonds.